The Morgan fingerprint density at radius 2 is 2.13 bits per heavy atom. The van der Waals surface area contributed by atoms with Gasteiger partial charge in [0.15, 0.2) is 0 Å². The van der Waals surface area contributed by atoms with Crippen LogP contribution in [0, 0.1) is 24.0 Å². The fraction of sp³-hybridized carbons (Fsp3) is 0.286. The molecule has 0 radical (unpaired) electrons. The van der Waals surface area contributed by atoms with Gasteiger partial charge in [-0.2, -0.15) is 5.10 Å². The lowest BCUT2D eigenvalue weighted by Gasteiger charge is -2.15. The standard InChI is InChI=1S/C14H15BrN4O4/c1-7-13(15)8(2)18(17-7)9(3)14(21)16-11-5-4-10(19(22)23)6-12(11)20/h4-6,9,20H,1-3H3,(H,16,21). The molecule has 2 N–H and O–H groups in total. The highest BCUT2D eigenvalue weighted by Gasteiger charge is 2.21. The van der Waals surface area contributed by atoms with Gasteiger partial charge < -0.3 is 10.4 Å². The summed E-state index contributed by atoms with van der Waals surface area (Å²) in [7, 11) is 0. The van der Waals surface area contributed by atoms with E-state index in [-0.39, 0.29) is 17.1 Å². The first-order chi connectivity index (χ1) is 10.7. The smallest absolute Gasteiger partial charge is 0.273 e. The number of phenols is 1. The average molecular weight is 383 g/mol. The second kappa shape index (κ2) is 6.37. The summed E-state index contributed by atoms with van der Waals surface area (Å²) in [6, 6.07) is 2.87. The molecule has 122 valence electrons. The van der Waals surface area contributed by atoms with E-state index >= 15 is 0 Å². The maximum absolute atomic E-state index is 12.3. The number of nitro benzene ring substituents is 1. The number of benzene rings is 1. The van der Waals surface area contributed by atoms with E-state index in [1.807, 2.05) is 13.8 Å². The Bertz CT molecular complexity index is 787. The molecule has 1 aromatic heterocycles. The summed E-state index contributed by atoms with van der Waals surface area (Å²) in [5.41, 5.74) is 1.42. The molecule has 1 unspecified atom stereocenters. The molecule has 1 heterocycles. The topological polar surface area (TPSA) is 110 Å². The van der Waals surface area contributed by atoms with Crippen LogP contribution < -0.4 is 5.32 Å². The van der Waals surface area contributed by atoms with Crippen molar-refractivity contribution in [2.75, 3.05) is 5.32 Å². The number of nitro groups is 1. The second-order valence-corrected chi connectivity index (χ2v) is 5.85. The molecule has 1 amide bonds. The number of phenolic OH excluding ortho intramolecular Hbond substituents is 1. The molecule has 2 aromatic rings. The molecular formula is C14H15BrN4O4. The molecule has 2 rings (SSSR count). The van der Waals surface area contributed by atoms with E-state index < -0.39 is 16.9 Å². The van der Waals surface area contributed by atoms with Gasteiger partial charge in [-0.25, -0.2) is 0 Å². The molecule has 0 aliphatic heterocycles. The summed E-state index contributed by atoms with van der Waals surface area (Å²) in [5.74, 6) is -0.762. The molecule has 0 fully saturated rings. The minimum absolute atomic E-state index is 0.105. The van der Waals surface area contributed by atoms with Crippen molar-refractivity contribution in [3.8, 4) is 5.75 Å². The second-order valence-electron chi connectivity index (χ2n) is 5.05. The van der Waals surface area contributed by atoms with Crippen molar-refractivity contribution < 1.29 is 14.8 Å². The number of aromatic nitrogens is 2. The number of hydrogen-bond acceptors (Lipinski definition) is 5. The summed E-state index contributed by atoms with van der Waals surface area (Å²) in [5, 5.41) is 27.3. The van der Waals surface area contributed by atoms with E-state index in [0.29, 0.717) is 0 Å². The Morgan fingerprint density at radius 1 is 1.48 bits per heavy atom. The van der Waals surface area contributed by atoms with Crippen molar-refractivity contribution >= 4 is 33.2 Å². The molecule has 0 spiro atoms. The number of amides is 1. The van der Waals surface area contributed by atoms with Crippen LogP contribution in [0.3, 0.4) is 0 Å². The molecule has 9 heteroatoms. The number of non-ortho nitro benzene ring substituents is 1. The highest BCUT2D eigenvalue weighted by atomic mass is 79.9. The molecular weight excluding hydrogens is 368 g/mol. The Labute approximate surface area is 140 Å². The summed E-state index contributed by atoms with van der Waals surface area (Å²) >= 11 is 3.40. The molecule has 8 nitrogen and oxygen atoms in total. The van der Waals surface area contributed by atoms with Crippen LogP contribution in [0.4, 0.5) is 11.4 Å². The molecule has 0 aliphatic carbocycles. The molecule has 1 atom stereocenters. The van der Waals surface area contributed by atoms with Gasteiger partial charge in [0.2, 0.25) is 5.91 Å². The first kappa shape index (κ1) is 16.9. The monoisotopic (exact) mass is 382 g/mol. The first-order valence-corrected chi connectivity index (χ1v) is 7.51. The van der Waals surface area contributed by atoms with Crippen LogP contribution in [-0.2, 0) is 4.79 Å². The van der Waals surface area contributed by atoms with Gasteiger partial charge in [-0.15, -0.1) is 0 Å². The van der Waals surface area contributed by atoms with E-state index in [9.17, 15) is 20.0 Å². The average Bonchev–Trinajstić information content (AvgIpc) is 2.75. The van der Waals surface area contributed by atoms with E-state index in [2.05, 4.69) is 26.3 Å². The molecule has 0 saturated heterocycles. The third kappa shape index (κ3) is 3.34. The van der Waals surface area contributed by atoms with Gasteiger partial charge in [-0.1, -0.05) is 0 Å². The van der Waals surface area contributed by atoms with Crippen molar-refractivity contribution in [2.45, 2.75) is 26.8 Å². The van der Waals surface area contributed by atoms with Crippen LogP contribution in [-0.4, -0.2) is 25.7 Å². The number of aromatic hydroxyl groups is 1. The number of aryl methyl sites for hydroxylation is 1. The van der Waals surface area contributed by atoms with Crippen molar-refractivity contribution in [2.24, 2.45) is 0 Å². The molecule has 0 aliphatic rings. The number of nitrogens with one attached hydrogen (secondary N) is 1. The lowest BCUT2D eigenvalue weighted by Crippen LogP contribution is -2.25. The predicted octanol–water partition coefficient (Wildman–Crippen LogP) is 3.08. The number of carbonyl (C=O) groups is 1. The zero-order valence-electron chi connectivity index (χ0n) is 12.7. The normalized spacial score (nSPS) is 12.0. The third-order valence-corrected chi connectivity index (χ3v) is 4.58. The highest BCUT2D eigenvalue weighted by Crippen LogP contribution is 2.29. The van der Waals surface area contributed by atoms with Crippen LogP contribution in [0.15, 0.2) is 22.7 Å². The Hall–Kier alpha value is -2.42. The minimum Gasteiger partial charge on any atom is -0.506 e. The maximum atomic E-state index is 12.3. The van der Waals surface area contributed by atoms with Crippen molar-refractivity contribution in [3.05, 3.63) is 44.2 Å². The van der Waals surface area contributed by atoms with Crippen LogP contribution in [0.2, 0.25) is 0 Å². The number of halogens is 1. The zero-order chi connectivity index (χ0) is 17.3. The highest BCUT2D eigenvalue weighted by molar-refractivity contribution is 9.10. The maximum Gasteiger partial charge on any atom is 0.273 e. The van der Waals surface area contributed by atoms with E-state index in [4.69, 9.17) is 0 Å². The quantitative estimate of drug-likeness (QED) is 0.479. The third-order valence-electron chi connectivity index (χ3n) is 3.43. The number of rotatable bonds is 4. The SMILES string of the molecule is Cc1nn(C(C)C(=O)Nc2ccc([N+](=O)[O-])cc2O)c(C)c1Br. The van der Waals surface area contributed by atoms with E-state index in [1.165, 1.54) is 12.1 Å². The Kier molecular flexibility index (Phi) is 4.69. The van der Waals surface area contributed by atoms with Crippen molar-refractivity contribution in [3.63, 3.8) is 0 Å². The van der Waals surface area contributed by atoms with Gasteiger partial charge in [0, 0.05) is 6.07 Å². The van der Waals surface area contributed by atoms with Crippen LogP contribution >= 0.6 is 15.9 Å². The fourth-order valence-corrected chi connectivity index (χ4v) is 2.37. The lowest BCUT2D eigenvalue weighted by molar-refractivity contribution is -0.384. The van der Waals surface area contributed by atoms with Gasteiger partial charge >= 0.3 is 0 Å². The number of anilines is 1. The van der Waals surface area contributed by atoms with E-state index in [0.717, 1.165) is 21.9 Å². The Morgan fingerprint density at radius 3 is 2.61 bits per heavy atom. The van der Waals surface area contributed by atoms with Crippen LogP contribution in [0.1, 0.15) is 24.4 Å². The van der Waals surface area contributed by atoms with Crippen molar-refractivity contribution in [1.82, 2.24) is 9.78 Å². The minimum atomic E-state index is -0.624. The largest absolute Gasteiger partial charge is 0.506 e. The first-order valence-electron chi connectivity index (χ1n) is 6.71. The summed E-state index contributed by atoms with van der Waals surface area (Å²) in [6.45, 7) is 5.32. The lowest BCUT2D eigenvalue weighted by atomic mass is 10.2. The molecule has 23 heavy (non-hydrogen) atoms. The van der Waals surface area contributed by atoms with Gasteiger partial charge in [-0.3, -0.25) is 19.6 Å². The predicted molar refractivity (Wildman–Crippen MR) is 87.5 cm³/mol. The molecule has 0 bridgehead atoms. The van der Waals surface area contributed by atoms with Gasteiger partial charge in [0.05, 0.1) is 32.5 Å². The van der Waals surface area contributed by atoms with Gasteiger partial charge in [0.1, 0.15) is 11.8 Å². The number of carbonyl (C=O) groups excluding carboxylic acids is 1. The summed E-state index contributed by atoms with van der Waals surface area (Å²) in [4.78, 5) is 22.3. The fourth-order valence-electron chi connectivity index (χ4n) is 2.11. The van der Waals surface area contributed by atoms with Gasteiger partial charge in [0.25, 0.3) is 5.69 Å². The van der Waals surface area contributed by atoms with Crippen molar-refractivity contribution in [1.29, 1.82) is 0 Å². The Balaban J connectivity index is 2.21. The van der Waals surface area contributed by atoms with Crippen LogP contribution in [0.25, 0.3) is 0 Å². The summed E-state index contributed by atoms with van der Waals surface area (Å²) in [6.07, 6.45) is 0. The zero-order valence-corrected chi connectivity index (χ0v) is 14.3. The van der Waals surface area contributed by atoms with Gasteiger partial charge in [-0.05, 0) is 42.8 Å². The van der Waals surface area contributed by atoms with Crippen LogP contribution in [0.5, 0.6) is 5.75 Å². The number of hydrogen-bond donors (Lipinski definition) is 2. The molecule has 0 saturated carbocycles. The molecule has 1 aromatic carbocycles. The number of nitrogens with zero attached hydrogens (tertiary/aromatic N) is 3. The van der Waals surface area contributed by atoms with E-state index in [1.54, 1.807) is 11.6 Å². The summed E-state index contributed by atoms with van der Waals surface area (Å²) < 4.78 is 2.40.